The summed E-state index contributed by atoms with van der Waals surface area (Å²) in [7, 11) is 0. The van der Waals surface area contributed by atoms with Gasteiger partial charge in [-0.15, -0.1) is 0 Å². The van der Waals surface area contributed by atoms with Gasteiger partial charge in [0.15, 0.2) is 5.96 Å². The molecule has 1 atom stereocenters. The molecule has 0 spiro atoms. The van der Waals surface area contributed by atoms with Crippen molar-refractivity contribution in [1.82, 2.24) is 4.90 Å². The molecule has 0 aromatic carbocycles. The van der Waals surface area contributed by atoms with Gasteiger partial charge >= 0.3 is 0 Å². The Morgan fingerprint density at radius 1 is 1.54 bits per heavy atom. The van der Waals surface area contributed by atoms with Crippen LogP contribution in [0.1, 0.15) is 33.6 Å². The number of nitrogens with zero attached hydrogens (tertiary/aromatic N) is 2. The minimum atomic E-state index is 0.172. The first-order valence-corrected chi connectivity index (χ1v) is 5.15. The van der Waals surface area contributed by atoms with Crippen LogP contribution in [-0.2, 0) is 0 Å². The average molecular weight is 181 g/mol. The van der Waals surface area contributed by atoms with Crippen LogP contribution in [0.2, 0.25) is 0 Å². The van der Waals surface area contributed by atoms with Gasteiger partial charge in [0.1, 0.15) is 0 Å². The quantitative estimate of drug-likeness (QED) is 0.695. The maximum Gasteiger partial charge on any atom is 0.192 e. The second-order valence-electron chi connectivity index (χ2n) is 4.79. The van der Waals surface area contributed by atoms with E-state index in [1.165, 1.54) is 12.8 Å². The number of hydrogen-bond acceptors (Lipinski definition) is 3. The third-order valence-electron chi connectivity index (χ3n) is 3.51. The van der Waals surface area contributed by atoms with Crippen LogP contribution in [0.4, 0.5) is 0 Å². The molecule has 0 aromatic rings. The fourth-order valence-electron chi connectivity index (χ4n) is 2.05. The monoisotopic (exact) mass is 181 g/mol. The van der Waals surface area contributed by atoms with Crippen LogP contribution in [0, 0.1) is 5.92 Å². The van der Waals surface area contributed by atoms with E-state index >= 15 is 0 Å². The van der Waals surface area contributed by atoms with Gasteiger partial charge in [-0.1, -0.05) is 13.8 Å². The fraction of sp³-hybridized carbons (Fsp3) is 0.900. The molecule has 0 bridgehead atoms. The van der Waals surface area contributed by atoms with Crippen LogP contribution in [0.5, 0.6) is 0 Å². The van der Waals surface area contributed by atoms with Crippen molar-refractivity contribution < 1.29 is 0 Å². The van der Waals surface area contributed by atoms with Crippen LogP contribution in [0.15, 0.2) is 4.99 Å². The number of aliphatic imine (C=N–C) groups is 1. The summed E-state index contributed by atoms with van der Waals surface area (Å²) < 4.78 is 0. The maximum atomic E-state index is 5.91. The third-order valence-corrected chi connectivity index (χ3v) is 3.51. The average Bonchev–Trinajstić information content (AvgIpc) is 2.81. The molecule has 2 N–H and O–H groups in total. The highest BCUT2D eigenvalue weighted by atomic mass is 15.4. The van der Waals surface area contributed by atoms with E-state index in [0.717, 1.165) is 12.5 Å². The molecule has 1 aliphatic heterocycles. The van der Waals surface area contributed by atoms with Gasteiger partial charge in [-0.2, -0.15) is 0 Å². The van der Waals surface area contributed by atoms with Crippen molar-refractivity contribution in [3.05, 3.63) is 0 Å². The Hall–Kier alpha value is -0.730. The highest BCUT2D eigenvalue weighted by Crippen LogP contribution is 2.38. The maximum absolute atomic E-state index is 5.91. The van der Waals surface area contributed by atoms with Crippen molar-refractivity contribution in [2.45, 2.75) is 45.2 Å². The van der Waals surface area contributed by atoms with Gasteiger partial charge in [-0.3, -0.25) is 4.99 Å². The predicted octanol–water partition coefficient (Wildman–Crippen LogP) is 1.19. The predicted molar refractivity (Wildman–Crippen MR) is 54.6 cm³/mol. The number of rotatable bonds is 2. The van der Waals surface area contributed by atoms with Gasteiger partial charge in [0.2, 0.25) is 0 Å². The van der Waals surface area contributed by atoms with E-state index < -0.39 is 0 Å². The lowest BCUT2D eigenvalue weighted by Crippen LogP contribution is -2.53. The molecule has 3 heteroatoms. The summed E-state index contributed by atoms with van der Waals surface area (Å²) in [5.41, 5.74) is 6.08. The molecule has 3 nitrogen and oxygen atoms in total. The highest BCUT2D eigenvalue weighted by Gasteiger charge is 2.47. The molecule has 2 aliphatic rings. The molecule has 1 aliphatic carbocycles. The molecule has 1 heterocycles. The molecule has 2 rings (SSSR count). The summed E-state index contributed by atoms with van der Waals surface area (Å²) in [6, 6.07) is 0.679. The van der Waals surface area contributed by atoms with Crippen molar-refractivity contribution in [2.75, 3.05) is 6.54 Å². The van der Waals surface area contributed by atoms with Crippen molar-refractivity contribution in [3.63, 3.8) is 0 Å². The summed E-state index contributed by atoms with van der Waals surface area (Å²) in [4.78, 5) is 6.72. The Morgan fingerprint density at radius 2 is 2.15 bits per heavy atom. The van der Waals surface area contributed by atoms with Gasteiger partial charge in [0, 0.05) is 6.04 Å². The lowest BCUT2D eigenvalue weighted by Gasteiger charge is -2.39. The molecule has 74 valence electrons. The van der Waals surface area contributed by atoms with Gasteiger partial charge < -0.3 is 10.6 Å². The molecule has 0 aromatic heterocycles. The molecule has 1 saturated carbocycles. The van der Waals surface area contributed by atoms with E-state index in [0.29, 0.717) is 12.0 Å². The minimum absolute atomic E-state index is 0.172. The zero-order chi connectivity index (χ0) is 9.64. The van der Waals surface area contributed by atoms with Crippen LogP contribution in [0.3, 0.4) is 0 Å². The molecule has 0 saturated heterocycles. The van der Waals surface area contributed by atoms with Crippen molar-refractivity contribution in [3.8, 4) is 0 Å². The summed E-state index contributed by atoms with van der Waals surface area (Å²) in [6.45, 7) is 7.65. The van der Waals surface area contributed by atoms with Crippen LogP contribution in [0.25, 0.3) is 0 Å². The summed E-state index contributed by atoms with van der Waals surface area (Å²) >= 11 is 0. The molecule has 1 fully saturated rings. The normalized spacial score (nSPS) is 34.2. The van der Waals surface area contributed by atoms with Gasteiger partial charge in [0.05, 0.1) is 12.1 Å². The lowest BCUT2D eigenvalue weighted by molar-refractivity contribution is 0.152. The van der Waals surface area contributed by atoms with E-state index in [4.69, 9.17) is 5.73 Å². The SMILES string of the molecule is CC(C)C1(C)CN=C(N)N1C1CC1. The Bertz CT molecular complexity index is 243. The molecular weight excluding hydrogens is 162 g/mol. The summed E-state index contributed by atoms with van der Waals surface area (Å²) in [6.07, 6.45) is 2.58. The summed E-state index contributed by atoms with van der Waals surface area (Å²) in [5.74, 6) is 1.37. The first kappa shape index (κ1) is 8.85. The van der Waals surface area contributed by atoms with Crippen molar-refractivity contribution in [1.29, 1.82) is 0 Å². The highest BCUT2D eigenvalue weighted by molar-refractivity contribution is 5.81. The first-order chi connectivity index (χ1) is 6.05. The van der Waals surface area contributed by atoms with Crippen molar-refractivity contribution in [2.24, 2.45) is 16.6 Å². The Kier molecular flexibility index (Phi) is 1.79. The molecular formula is C10H19N3. The van der Waals surface area contributed by atoms with Gasteiger partial charge in [-0.25, -0.2) is 0 Å². The fourth-order valence-corrected chi connectivity index (χ4v) is 2.05. The number of hydrogen-bond donors (Lipinski definition) is 1. The zero-order valence-corrected chi connectivity index (χ0v) is 8.75. The number of guanidine groups is 1. The Morgan fingerprint density at radius 3 is 2.62 bits per heavy atom. The molecule has 0 radical (unpaired) electrons. The van der Waals surface area contributed by atoms with Crippen LogP contribution >= 0.6 is 0 Å². The van der Waals surface area contributed by atoms with E-state index in [1.807, 2.05) is 0 Å². The second kappa shape index (κ2) is 2.63. The Labute approximate surface area is 80.0 Å². The zero-order valence-electron chi connectivity index (χ0n) is 8.75. The lowest BCUT2D eigenvalue weighted by atomic mass is 9.87. The van der Waals surface area contributed by atoms with Crippen molar-refractivity contribution >= 4 is 5.96 Å². The smallest absolute Gasteiger partial charge is 0.192 e. The van der Waals surface area contributed by atoms with E-state index in [1.54, 1.807) is 0 Å². The third kappa shape index (κ3) is 1.21. The largest absolute Gasteiger partial charge is 0.370 e. The topological polar surface area (TPSA) is 41.6 Å². The first-order valence-electron chi connectivity index (χ1n) is 5.15. The van der Waals surface area contributed by atoms with Crippen LogP contribution < -0.4 is 5.73 Å². The van der Waals surface area contributed by atoms with E-state index in [9.17, 15) is 0 Å². The Balaban J connectivity index is 2.22. The van der Waals surface area contributed by atoms with Crippen LogP contribution in [-0.4, -0.2) is 29.0 Å². The van der Waals surface area contributed by atoms with Gasteiger partial charge in [0.25, 0.3) is 0 Å². The van der Waals surface area contributed by atoms with Gasteiger partial charge in [-0.05, 0) is 25.7 Å². The molecule has 0 amide bonds. The van der Waals surface area contributed by atoms with E-state index in [2.05, 4.69) is 30.7 Å². The second-order valence-corrected chi connectivity index (χ2v) is 4.79. The standard InChI is InChI=1S/C10H19N3/c1-7(2)10(3)6-12-9(11)13(10)8-4-5-8/h7-8H,4-6H2,1-3H3,(H2,11,12). The summed E-state index contributed by atoms with van der Waals surface area (Å²) in [5, 5.41) is 0. The molecule has 1 unspecified atom stereocenters. The number of nitrogens with two attached hydrogens (primary N) is 1. The minimum Gasteiger partial charge on any atom is -0.370 e. The van der Waals surface area contributed by atoms with E-state index in [-0.39, 0.29) is 5.54 Å². The molecule has 13 heavy (non-hydrogen) atoms.